The first-order valence-electron chi connectivity index (χ1n) is 21.2. The highest BCUT2D eigenvalue weighted by Crippen LogP contribution is 2.31. The van der Waals surface area contributed by atoms with Crippen LogP contribution in [0.1, 0.15) is 0 Å². The molecule has 0 unspecified atom stereocenters. The molecule has 2 fully saturated rings. The van der Waals surface area contributed by atoms with Crippen LogP contribution in [-0.2, 0) is 16.0 Å². The number of H-pyrrole nitrogens is 1. The van der Waals surface area contributed by atoms with E-state index in [1.807, 2.05) is 4.57 Å². The molecule has 6 heterocycles. The van der Waals surface area contributed by atoms with Gasteiger partial charge in [0.2, 0.25) is 0 Å². The molecule has 0 bridgehead atoms. The molecule has 0 saturated carbocycles. The third kappa shape index (κ3) is 11.5. The van der Waals surface area contributed by atoms with E-state index in [-0.39, 0.29) is 51.4 Å². The number of aromatic nitrogens is 8. The number of benzene rings is 4. The number of rotatable bonds is 11. The van der Waals surface area contributed by atoms with Crippen molar-refractivity contribution in [1.29, 1.82) is 0 Å². The Kier molecular flexibility index (Phi) is 15.5. The average Bonchev–Trinajstić information content (AvgIpc) is 4.00. The molecule has 0 atom stereocenters. The van der Waals surface area contributed by atoms with E-state index >= 15 is 0 Å². The summed E-state index contributed by atoms with van der Waals surface area (Å²) in [5, 5.41) is 5.31. The number of halogens is 7. The molecule has 0 spiro atoms. The predicted octanol–water partition coefficient (Wildman–Crippen LogP) is 8.72. The van der Waals surface area contributed by atoms with Crippen molar-refractivity contribution in [3.8, 4) is 22.8 Å². The summed E-state index contributed by atoms with van der Waals surface area (Å²) in [6, 6.07) is 19.1. The maximum absolute atomic E-state index is 14.5. The minimum absolute atomic E-state index is 0.0527. The van der Waals surface area contributed by atoms with Crippen LogP contribution in [-0.4, -0.2) is 121 Å². The Hall–Kier alpha value is -6.71. The lowest BCUT2D eigenvalue weighted by Crippen LogP contribution is -2.38. The van der Waals surface area contributed by atoms with Gasteiger partial charge in [0.05, 0.1) is 50.2 Å². The van der Waals surface area contributed by atoms with Crippen molar-refractivity contribution >= 4 is 56.9 Å². The molecule has 0 radical (unpaired) electrons. The normalized spacial score (nSPS) is 14.3. The number of hydrogen-bond acceptors (Lipinski definition) is 12. The van der Waals surface area contributed by atoms with Crippen LogP contribution in [0.5, 0.6) is 0 Å². The zero-order valence-corrected chi connectivity index (χ0v) is 36.5. The van der Waals surface area contributed by atoms with Crippen molar-refractivity contribution in [1.82, 2.24) is 49.3 Å². The molecule has 8 aromatic rings. The van der Waals surface area contributed by atoms with Crippen molar-refractivity contribution in [2.75, 3.05) is 82.2 Å². The van der Waals surface area contributed by atoms with Gasteiger partial charge in [0, 0.05) is 51.7 Å². The van der Waals surface area contributed by atoms with E-state index in [9.17, 15) is 26.3 Å². The number of fused-ring (bicyclic) bond motifs is 2. The monoisotopic (exact) mass is 944 g/mol. The first-order chi connectivity index (χ1) is 32.7. The zero-order valence-electron chi connectivity index (χ0n) is 35.7. The third-order valence-corrected chi connectivity index (χ3v) is 10.8. The zero-order chi connectivity index (χ0) is 46.7. The minimum atomic E-state index is -0.779. The molecule has 2 aliphatic heterocycles. The fraction of sp³-hybridized carbons (Fsp3) is 0.261. The number of alkyl halides is 1. The summed E-state index contributed by atoms with van der Waals surface area (Å²) in [7, 11) is 0. The summed E-state index contributed by atoms with van der Waals surface area (Å²) in [6.45, 7) is 9.22. The minimum Gasteiger partial charge on any atom is -0.379 e. The van der Waals surface area contributed by atoms with Crippen LogP contribution in [0.4, 0.5) is 49.4 Å². The number of morpholine rings is 2. The topological polar surface area (TPSA) is 147 Å². The summed E-state index contributed by atoms with van der Waals surface area (Å²) in [5.74, 6) is -3.07. The molecule has 3 N–H and O–H groups in total. The molecular weight excluding hydrogens is 902 g/mol. The number of aromatic amines is 1. The van der Waals surface area contributed by atoms with Crippen molar-refractivity contribution in [2.45, 2.75) is 6.54 Å². The lowest BCUT2D eigenvalue weighted by Gasteiger charge is -2.26. The standard InChI is InChI=1S/C23H21F3N6O.C17H10F3N5.C6H12ClNO/c24-16-5-2-1-4-15(16)21-29-22(28-19-17(25)6-3-7-18(19)26)20-23(30-21)32(14-27-20)9-8-31-10-12-33-13-11-31;18-10-5-2-1-4-9(10)15-24-16-14(21-8-22-16)17(25-15)23-13-11(19)6-3-7-12(13)20;7-1-2-8-3-5-9-6-4-8/h1-7,14H,8-13H2,(H,28,29,30);1-8H,(H2,21,22,23,24,25);1-6H2. The maximum atomic E-state index is 14.5. The van der Waals surface area contributed by atoms with Crippen molar-refractivity contribution in [3.63, 3.8) is 0 Å². The van der Waals surface area contributed by atoms with Gasteiger partial charge in [-0.25, -0.2) is 56.2 Å². The highest BCUT2D eigenvalue weighted by molar-refractivity contribution is 6.18. The Morgan fingerprint density at radius 2 is 1.04 bits per heavy atom. The Bertz CT molecular complexity index is 2890. The van der Waals surface area contributed by atoms with Crippen LogP contribution in [0.25, 0.3) is 45.1 Å². The molecule has 21 heteroatoms. The second kappa shape index (κ2) is 22.2. The molecule has 348 valence electrons. The summed E-state index contributed by atoms with van der Waals surface area (Å²) in [5.41, 5.74) is 0.976. The average molecular weight is 945 g/mol. The van der Waals surface area contributed by atoms with Gasteiger partial charge in [0.25, 0.3) is 0 Å². The molecule has 0 aliphatic carbocycles. The number of imidazole rings is 2. The molecule has 14 nitrogen and oxygen atoms in total. The summed E-state index contributed by atoms with van der Waals surface area (Å²) >= 11 is 5.55. The van der Waals surface area contributed by atoms with Crippen molar-refractivity contribution < 1.29 is 35.8 Å². The number of ether oxygens (including phenoxy) is 2. The van der Waals surface area contributed by atoms with Gasteiger partial charge >= 0.3 is 0 Å². The van der Waals surface area contributed by atoms with E-state index in [0.29, 0.717) is 36.4 Å². The van der Waals surface area contributed by atoms with Crippen LogP contribution in [0.15, 0.2) is 97.6 Å². The highest BCUT2D eigenvalue weighted by Gasteiger charge is 2.21. The van der Waals surface area contributed by atoms with E-state index in [0.717, 1.165) is 82.6 Å². The number of nitrogens with one attached hydrogen (secondary N) is 3. The fourth-order valence-electron chi connectivity index (χ4n) is 7.13. The van der Waals surface area contributed by atoms with Crippen LogP contribution in [0.2, 0.25) is 0 Å². The number of nitrogens with zero attached hydrogens (tertiary/aromatic N) is 9. The van der Waals surface area contributed by atoms with Gasteiger partial charge in [-0.05, 0) is 48.5 Å². The largest absolute Gasteiger partial charge is 0.379 e. The summed E-state index contributed by atoms with van der Waals surface area (Å²) < 4.78 is 97.4. The summed E-state index contributed by atoms with van der Waals surface area (Å²) in [4.78, 5) is 33.1. The third-order valence-electron chi connectivity index (χ3n) is 10.7. The lowest BCUT2D eigenvalue weighted by atomic mass is 10.2. The lowest BCUT2D eigenvalue weighted by molar-refractivity contribution is 0.0365. The van der Waals surface area contributed by atoms with Crippen LogP contribution >= 0.6 is 11.6 Å². The summed E-state index contributed by atoms with van der Waals surface area (Å²) in [6.07, 6.45) is 2.97. The van der Waals surface area contributed by atoms with Gasteiger partial charge in [0.15, 0.2) is 40.1 Å². The first-order valence-corrected chi connectivity index (χ1v) is 21.7. The van der Waals surface area contributed by atoms with E-state index in [2.05, 4.69) is 55.3 Å². The molecule has 10 rings (SSSR count). The fourth-order valence-corrected chi connectivity index (χ4v) is 7.37. The SMILES string of the molecule is ClCCN1CCOCC1.Fc1ccccc1-c1nc(Nc2c(F)cccc2F)c2[nH]cnc2n1.Fc1ccccc1-c1nc(Nc2c(F)cccc2F)c2ncn(CCN3CCOCC3)c2n1. The Morgan fingerprint density at radius 1 is 0.552 bits per heavy atom. The number of anilines is 4. The van der Waals surface area contributed by atoms with Crippen molar-refractivity contribution in [3.05, 3.63) is 132 Å². The van der Waals surface area contributed by atoms with Gasteiger partial charge in [-0.1, -0.05) is 36.4 Å². The highest BCUT2D eigenvalue weighted by atomic mass is 35.5. The molecule has 2 aliphatic rings. The van der Waals surface area contributed by atoms with Gasteiger partial charge in [-0.2, -0.15) is 0 Å². The second-order valence-electron chi connectivity index (χ2n) is 15.0. The van der Waals surface area contributed by atoms with E-state index < -0.39 is 34.9 Å². The second-order valence-corrected chi connectivity index (χ2v) is 15.4. The van der Waals surface area contributed by atoms with Gasteiger partial charge in [-0.15, -0.1) is 11.6 Å². The molecule has 4 aromatic carbocycles. The van der Waals surface area contributed by atoms with E-state index in [1.54, 1.807) is 36.7 Å². The smallest absolute Gasteiger partial charge is 0.183 e. The molecule has 2 saturated heterocycles. The van der Waals surface area contributed by atoms with Gasteiger partial charge in [0.1, 0.15) is 51.8 Å². The van der Waals surface area contributed by atoms with Gasteiger partial charge in [-0.3, -0.25) is 9.80 Å². The molecule has 0 amide bonds. The molecule has 4 aromatic heterocycles. The maximum Gasteiger partial charge on any atom is 0.183 e. The van der Waals surface area contributed by atoms with Crippen LogP contribution < -0.4 is 10.6 Å². The van der Waals surface area contributed by atoms with Crippen LogP contribution in [0.3, 0.4) is 0 Å². The van der Waals surface area contributed by atoms with Crippen LogP contribution in [0, 0.1) is 34.9 Å². The number of hydrogen-bond donors (Lipinski definition) is 3. The quantitative estimate of drug-likeness (QED) is 0.0842. The molecular formula is C46H43ClF6N12O2. The van der Waals surface area contributed by atoms with E-state index in [4.69, 9.17) is 21.1 Å². The Morgan fingerprint density at radius 3 is 1.60 bits per heavy atom. The van der Waals surface area contributed by atoms with E-state index in [1.165, 1.54) is 36.7 Å². The number of para-hydroxylation sites is 2. The Labute approximate surface area is 385 Å². The van der Waals surface area contributed by atoms with Crippen molar-refractivity contribution in [2.24, 2.45) is 0 Å². The first kappa shape index (κ1) is 46.8. The molecule has 67 heavy (non-hydrogen) atoms. The predicted molar refractivity (Wildman–Crippen MR) is 242 cm³/mol. The Balaban J connectivity index is 0.000000157. The van der Waals surface area contributed by atoms with Gasteiger partial charge < -0.3 is 29.7 Å².